The topological polar surface area (TPSA) is 33.1 Å². The van der Waals surface area contributed by atoms with Crippen LogP contribution in [0.25, 0.3) is 0 Å². The number of nitrogens with zero attached hydrogens (tertiary/aromatic N) is 1. The molecule has 2 bridgehead atoms. The van der Waals surface area contributed by atoms with Gasteiger partial charge in [0.05, 0.1) is 5.60 Å². The number of aryl methyl sites for hydroxylation is 1. The molecule has 2 aliphatic heterocycles. The van der Waals surface area contributed by atoms with Crippen LogP contribution in [0.1, 0.15) is 43.2 Å². The van der Waals surface area contributed by atoms with Gasteiger partial charge < -0.3 is 5.11 Å². The third kappa shape index (κ3) is 2.23. The predicted octanol–water partition coefficient (Wildman–Crippen LogP) is 3.03. The summed E-state index contributed by atoms with van der Waals surface area (Å²) in [5.41, 5.74) is 1.54. The van der Waals surface area contributed by atoms with Gasteiger partial charge in [-0.3, -0.25) is 4.98 Å². The van der Waals surface area contributed by atoms with E-state index in [1.165, 1.54) is 19.3 Å². The lowest BCUT2D eigenvalue weighted by Gasteiger charge is -2.44. The van der Waals surface area contributed by atoms with Crippen molar-refractivity contribution >= 4 is 11.8 Å². The molecular formula is C14H19NOS. The van der Waals surface area contributed by atoms with Crippen molar-refractivity contribution in [3.05, 3.63) is 29.6 Å². The summed E-state index contributed by atoms with van der Waals surface area (Å²) in [5.74, 6) is 0. The molecule has 2 saturated heterocycles. The number of thioether (sulfide) groups is 1. The number of fused-ring (bicyclic) bond motifs is 2. The van der Waals surface area contributed by atoms with Crippen LogP contribution < -0.4 is 0 Å². The van der Waals surface area contributed by atoms with E-state index in [2.05, 4.69) is 22.8 Å². The molecule has 1 aromatic heterocycles. The second-order valence-electron chi connectivity index (χ2n) is 5.50. The first-order chi connectivity index (χ1) is 8.16. The molecule has 92 valence electrons. The smallest absolute Gasteiger partial charge is 0.0932 e. The minimum atomic E-state index is -0.625. The Morgan fingerprint density at radius 1 is 1.29 bits per heavy atom. The van der Waals surface area contributed by atoms with Gasteiger partial charge in [-0.1, -0.05) is 12.5 Å². The maximum absolute atomic E-state index is 10.9. The van der Waals surface area contributed by atoms with Crippen molar-refractivity contribution in [2.24, 2.45) is 0 Å². The molecule has 2 unspecified atom stereocenters. The van der Waals surface area contributed by atoms with Gasteiger partial charge in [0.15, 0.2) is 0 Å². The fourth-order valence-corrected chi connectivity index (χ4v) is 5.06. The average molecular weight is 249 g/mol. The fourth-order valence-electron chi connectivity index (χ4n) is 3.16. The maximum Gasteiger partial charge on any atom is 0.0932 e. The highest BCUT2D eigenvalue weighted by atomic mass is 32.2. The zero-order valence-corrected chi connectivity index (χ0v) is 11.0. The summed E-state index contributed by atoms with van der Waals surface area (Å²) in [6.45, 7) is 2.04. The quantitative estimate of drug-likeness (QED) is 0.830. The Kier molecular flexibility index (Phi) is 2.91. The number of pyridine rings is 1. The largest absolute Gasteiger partial charge is 0.385 e. The summed E-state index contributed by atoms with van der Waals surface area (Å²) in [5, 5.41) is 12.2. The van der Waals surface area contributed by atoms with Gasteiger partial charge >= 0.3 is 0 Å². The van der Waals surface area contributed by atoms with Crippen LogP contribution in [0.3, 0.4) is 0 Å². The standard InChI is InChI=1S/C14H19NOS/c1-10-5-11(9-15-8-10)14(16)6-12-3-2-4-13(7-14)17-12/h5,8-9,12-13,16H,2-4,6-7H2,1H3. The molecule has 2 nitrogen and oxygen atoms in total. The van der Waals surface area contributed by atoms with Crippen molar-refractivity contribution < 1.29 is 5.11 Å². The van der Waals surface area contributed by atoms with Crippen molar-refractivity contribution in [2.75, 3.05) is 0 Å². The van der Waals surface area contributed by atoms with Gasteiger partial charge in [0.2, 0.25) is 0 Å². The molecule has 0 radical (unpaired) electrons. The normalized spacial score (nSPS) is 36.8. The molecule has 1 N–H and O–H groups in total. The lowest BCUT2D eigenvalue weighted by atomic mass is 9.81. The molecule has 2 fully saturated rings. The molecule has 0 aromatic carbocycles. The van der Waals surface area contributed by atoms with Gasteiger partial charge in [0, 0.05) is 28.5 Å². The van der Waals surface area contributed by atoms with Crippen LogP contribution in [0.4, 0.5) is 0 Å². The average Bonchev–Trinajstić information content (AvgIpc) is 2.28. The minimum absolute atomic E-state index is 0.625. The second-order valence-corrected chi connectivity index (χ2v) is 7.11. The van der Waals surface area contributed by atoms with E-state index in [4.69, 9.17) is 0 Å². The summed E-state index contributed by atoms with van der Waals surface area (Å²) >= 11 is 2.09. The van der Waals surface area contributed by atoms with Crippen LogP contribution in [0.5, 0.6) is 0 Å². The highest BCUT2D eigenvalue weighted by Crippen LogP contribution is 2.49. The molecule has 3 heterocycles. The Morgan fingerprint density at radius 3 is 2.65 bits per heavy atom. The molecule has 2 atom stereocenters. The highest BCUT2D eigenvalue weighted by Gasteiger charge is 2.42. The lowest BCUT2D eigenvalue weighted by molar-refractivity contribution is 0.00777. The summed E-state index contributed by atoms with van der Waals surface area (Å²) in [6, 6.07) is 2.10. The third-order valence-electron chi connectivity index (χ3n) is 3.98. The van der Waals surface area contributed by atoms with E-state index in [1.807, 2.05) is 19.3 Å². The Morgan fingerprint density at radius 2 is 2.00 bits per heavy atom. The van der Waals surface area contributed by atoms with Crippen LogP contribution in [0, 0.1) is 6.92 Å². The number of hydrogen-bond acceptors (Lipinski definition) is 3. The highest BCUT2D eigenvalue weighted by molar-refractivity contribution is 8.00. The van der Waals surface area contributed by atoms with Crippen LogP contribution in [-0.4, -0.2) is 20.6 Å². The molecule has 0 spiro atoms. The number of aliphatic hydroxyl groups is 1. The van der Waals surface area contributed by atoms with E-state index >= 15 is 0 Å². The SMILES string of the molecule is Cc1cncc(C2(O)CC3CCCC(C2)S3)c1. The van der Waals surface area contributed by atoms with E-state index in [9.17, 15) is 5.11 Å². The lowest BCUT2D eigenvalue weighted by Crippen LogP contribution is -2.40. The first-order valence-electron chi connectivity index (χ1n) is 6.46. The van der Waals surface area contributed by atoms with Gasteiger partial charge in [-0.15, -0.1) is 0 Å². The molecule has 0 saturated carbocycles. The van der Waals surface area contributed by atoms with Gasteiger partial charge in [0.1, 0.15) is 0 Å². The Balaban J connectivity index is 1.90. The molecular weight excluding hydrogens is 230 g/mol. The molecule has 3 rings (SSSR count). The predicted molar refractivity (Wildman–Crippen MR) is 71.1 cm³/mol. The van der Waals surface area contributed by atoms with Crippen LogP contribution in [-0.2, 0) is 5.60 Å². The molecule has 0 amide bonds. The zero-order chi connectivity index (χ0) is 11.9. The van der Waals surface area contributed by atoms with Crippen molar-refractivity contribution in [3.8, 4) is 0 Å². The van der Waals surface area contributed by atoms with Crippen molar-refractivity contribution in [1.82, 2.24) is 4.98 Å². The van der Waals surface area contributed by atoms with E-state index in [-0.39, 0.29) is 0 Å². The molecule has 2 aliphatic rings. The molecule has 3 heteroatoms. The van der Waals surface area contributed by atoms with Gasteiger partial charge in [-0.25, -0.2) is 0 Å². The maximum atomic E-state index is 10.9. The van der Waals surface area contributed by atoms with E-state index in [1.54, 1.807) is 0 Å². The monoisotopic (exact) mass is 249 g/mol. The van der Waals surface area contributed by atoms with Crippen LogP contribution in [0.15, 0.2) is 18.5 Å². The molecule has 17 heavy (non-hydrogen) atoms. The first-order valence-corrected chi connectivity index (χ1v) is 7.40. The van der Waals surface area contributed by atoms with E-state index < -0.39 is 5.60 Å². The Hall–Kier alpha value is -0.540. The number of rotatable bonds is 1. The Labute approximate surface area is 107 Å². The fraction of sp³-hybridized carbons (Fsp3) is 0.643. The zero-order valence-electron chi connectivity index (χ0n) is 10.2. The van der Waals surface area contributed by atoms with Crippen molar-refractivity contribution in [3.63, 3.8) is 0 Å². The van der Waals surface area contributed by atoms with Gasteiger partial charge in [0.25, 0.3) is 0 Å². The van der Waals surface area contributed by atoms with Crippen LogP contribution >= 0.6 is 11.8 Å². The number of aromatic nitrogens is 1. The first kappa shape index (κ1) is 11.5. The number of hydrogen-bond donors (Lipinski definition) is 1. The van der Waals surface area contributed by atoms with E-state index in [0.717, 1.165) is 24.0 Å². The van der Waals surface area contributed by atoms with E-state index in [0.29, 0.717) is 10.5 Å². The van der Waals surface area contributed by atoms with Crippen molar-refractivity contribution in [1.29, 1.82) is 0 Å². The Bertz CT molecular complexity index is 408. The summed E-state index contributed by atoms with van der Waals surface area (Å²) < 4.78 is 0. The summed E-state index contributed by atoms with van der Waals surface area (Å²) in [4.78, 5) is 4.23. The minimum Gasteiger partial charge on any atom is -0.385 e. The van der Waals surface area contributed by atoms with Gasteiger partial charge in [-0.2, -0.15) is 11.8 Å². The molecule has 1 aromatic rings. The molecule has 0 aliphatic carbocycles. The van der Waals surface area contributed by atoms with Crippen molar-refractivity contribution in [2.45, 2.75) is 55.1 Å². The summed E-state index contributed by atoms with van der Waals surface area (Å²) in [6.07, 6.45) is 9.37. The van der Waals surface area contributed by atoms with Gasteiger partial charge in [-0.05, 0) is 38.2 Å². The summed E-state index contributed by atoms with van der Waals surface area (Å²) in [7, 11) is 0. The third-order valence-corrected chi connectivity index (χ3v) is 5.55. The van der Waals surface area contributed by atoms with Crippen LogP contribution in [0.2, 0.25) is 0 Å². The second kappa shape index (κ2) is 4.29.